The average molecular weight is 395 g/mol. The Labute approximate surface area is 167 Å². The van der Waals surface area contributed by atoms with Crippen molar-refractivity contribution in [3.63, 3.8) is 0 Å². The van der Waals surface area contributed by atoms with Crippen LogP contribution in [0.2, 0.25) is 0 Å². The molecule has 8 nitrogen and oxygen atoms in total. The van der Waals surface area contributed by atoms with E-state index in [1.807, 2.05) is 37.3 Å². The van der Waals surface area contributed by atoms with Crippen molar-refractivity contribution in [2.24, 2.45) is 10.2 Å². The summed E-state index contributed by atoms with van der Waals surface area (Å²) in [5.74, 6) is 0.435. The first kappa shape index (κ1) is 18.9. The van der Waals surface area contributed by atoms with E-state index in [2.05, 4.69) is 10.2 Å². The Morgan fingerprint density at radius 3 is 2.79 bits per heavy atom. The molecule has 1 amide bonds. The summed E-state index contributed by atoms with van der Waals surface area (Å²) in [5.41, 5.74) is 1.03. The Bertz CT molecular complexity index is 1060. The van der Waals surface area contributed by atoms with Gasteiger partial charge in [-0.05, 0) is 25.1 Å². The van der Waals surface area contributed by atoms with Crippen LogP contribution in [0.25, 0.3) is 10.9 Å². The highest BCUT2D eigenvalue weighted by Crippen LogP contribution is 2.39. The summed E-state index contributed by atoms with van der Waals surface area (Å²) in [6.45, 7) is 3.46. The number of fused-ring (bicyclic) bond motifs is 2. The van der Waals surface area contributed by atoms with Crippen molar-refractivity contribution < 1.29 is 24.1 Å². The van der Waals surface area contributed by atoms with Crippen LogP contribution in [0, 0.1) is 0 Å². The molecular formula is C21H21N3O5. The van der Waals surface area contributed by atoms with E-state index in [0.29, 0.717) is 36.6 Å². The lowest BCUT2D eigenvalue weighted by Gasteiger charge is -2.23. The van der Waals surface area contributed by atoms with E-state index in [9.17, 15) is 9.90 Å². The topological polar surface area (TPSA) is 94.6 Å². The van der Waals surface area contributed by atoms with Crippen LogP contribution < -0.4 is 9.47 Å². The number of hydrogen-bond donors (Lipinski definition) is 1. The molecule has 1 aliphatic heterocycles. The summed E-state index contributed by atoms with van der Waals surface area (Å²) in [6, 6.07) is 14.5. The van der Waals surface area contributed by atoms with Crippen LogP contribution in [0.4, 0.5) is 5.69 Å². The first-order valence-corrected chi connectivity index (χ1v) is 9.41. The van der Waals surface area contributed by atoms with Crippen LogP contribution in [0.5, 0.6) is 17.4 Å². The lowest BCUT2D eigenvalue weighted by atomic mass is 10.2. The zero-order valence-electron chi connectivity index (χ0n) is 15.9. The largest absolute Gasteiger partial charge is 0.493 e. The summed E-state index contributed by atoms with van der Waals surface area (Å²) in [7, 11) is 0. The third-order valence-corrected chi connectivity index (χ3v) is 4.61. The van der Waals surface area contributed by atoms with Crippen molar-refractivity contribution in [2.75, 3.05) is 19.8 Å². The first-order valence-electron chi connectivity index (χ1n) is 9.41. The number of rotatable bonds is 6. The fraction of sp³-hybridized carbons (Fsp3) is 0.286. The van der Waals surface area contributed by atoms with Gasteiger partial charge < -0.3 is 23.9 Å². The van der Waals surface area contributed by atoms with Crippen LogP contribution in [0.15, 0.2) is 58.8 Å². The Balaban J connectivity index is 1.57. The molecule has 0 bridgehead atoms. The number of para-hydroxylation sites is 3. The molecule has 0 unspecified atom stereocenters. The maximum Gasteiger partial charge on any atom is 0.308 e. The lowest BCUT2D eigenvalue weighted by Crippen LogP contribution is -2.35. The first-order chi connectivity index (χ1) is 14.2. The molecular weight excluding hydrogens is 374 g/mol. The molecule has 4 rings (SSSR count). The number of aromatic nitrogens is 1. The lowest BCUT2D eigenvalue weighted by molar-refractivity contribution is -0.127. The third kappa shape index (κ3) is 3.79. The zero-order chi connectivity index (χ0) is 20.2. The SMILES string of the molecule is CCOCCn1c(O)c(N=NC(=O)[C@@H]2COc3ccccc3O2)c2ccccc21. The molecule has 29 heavy (non-hydrogen) atoms. The minimum absolute atomic E-state index is 0.0525. The molecule has 1 aromatic heterocycles. The van der Waals surface area contributed by atoms with Crippen LogP contribution in [-0.4, -0.2) is 41.5 Å². The van der Waals surface area contributed by atoms with Gasteiger partial charge in [-0.3, -0.25) is 4.79 Å². The van der Waals surface area contributed by atoms with Gasteiger partial charge in [-0.2, -0.15) is 0 Å². The van der Waals surface area contributed by atoms with Gasteiger partial charge in [0.15, 0.2) is 17.2 Å². The van der Waals surface area contributed by atoms with Crippen molar-refractivity contribution in [1.82, 2.24) is 4.57 Å². The van der Waals surface area contributed by atoms with E-state index < -0.39 is 12.0 Å². The van der Waals surface area contributed by atoms with Gasteiger partial charge in [0.25, 0.3) is 0 Å². The second-order valence-electron chi connectivity index (χ2n) is 6.44. The minimum atomic E-state index is -0.887. The van der Waals surface area contributed by atoms with Gasteiger partial charge >= 0.3 is 5.91 Å². The van der Waals surface area contributed by atoms with Gasteiger partial charge in [0.05, 0.1) is 12.1 Å². The monoisotopic (exact) mass is 395 g/mol. The van der Waals surface area contributed by atoms with Gasteiger partial charge in [-0.15, -0.1) is 10.2 Å². The summed E-state index contributed by atoms with van der Waals surface area (Å²) in [6.07, 6.45) is -0.887. The van der Waals surface area contributed by atoms with Crippen molar-refractivity contribution in [3.05, 3.63) is 48.5 Å². The summed E-state index contributed by atoms with van der Waals surface area (Å²) < 4.78 is 18.3. The number of azo groups is 1. The Hall–Kier alpha value is -3.39. The molecule has 0 spiro atoms. The number of aromatic hydroxyl groups is 1. The Morgan fingerprint density at radius 2 is 1.97 bits per heavy atom. The maximum atomic E-state index is 12.5. The predicted octanol–water partition coefficient (Wildman–Crippen LogP) is 3.83. The highest BCUT2D eigenvalue weighted by atomic mass is 16.6. The molecule has 2 aromatic carbocycles. The number of amides is 1. The molecule has 1 aliphatic rings. The highest BCUT2D eigenvalue weighted by molar-refractivity contribution is 5.95. The maximum absolute atomic E-state index is 12.5. The van der Waals surface area contributed by atoms with Gasteiger partial charge in [0, 0.05) is 18.5 Å². The van der Waals surface area contributed by atoms with E-state index in [1.165, 1.54) is 0 Å². The smallest absolute Gasteiger partial charge is 0.308 e. The fourth-order valence-corrected chi connectivity index (χ4v) is 3.20. The number of nitrogens with zero attached hydrogens (tertiary/aromatic N) is 3. The number of carbonyl (C=O) groups is 1. The number of ether oxygens (including phenoxy) is 3. The standard InChI is InChI=1S/C21H21N3O5/c1-2-27-12-11-24-15-8-4-3-7-14(15)19(21(24)26)22-23-20(25)18-13-28-16-9-5-6-10-17(16)29-18/h3-10,18,26H,2,11-13H2,1H3/t18-/m0/s1. The van der Waals surface area contributed by atoms with E-state index in [1.54, 1.807) is 22.8 Å². The Morgan fingerprint density at radius 1 is 1.21 bits per heavy atom. The normalized spacial score (nSPS) is 15.8. The van der Waals surface area contributed by atoms with E-state index in [0.717, 1.165) is 5.52 Å². The molecule has 0 aliphatic carbocycles. The molecule has 0 saturated heterocycles. The highest BCUT2D eigenvalue weighted by Gasteiger charge is 2.27. The molecule has 8 heteroatoms. The number of carbonyl (C=O) groups excluding carboxylic acids is 1. The molecule has 0 fully saturated rings. The van der Waals surface area contributed by atoms with Gasteiger partial charge in [0.2, 0.25) is 12.0 Å². The minimum Gasteiger partial charge on any atom is -0.493 e. The average Bonchev–Trinajstić information content (AvgIpc) is 3.03. The molecule has 1 N–H and O–H groups in total. The van der Waals surface area contributed by atoms with E-state index in [-0.39, 0.29) is 18.2 Å². The number of benzene rings is 2. The van der Waals surface area contributed by atoms with Crippen LogP contribution in [-0.2, 0) is 16.1 Å². The molecule has 3 aromatic rings. The molecule has 0 saturated carbocycles. The van der Waals surface area contributed by atoms with Crippen molar-refractivity contribution >= 4 is 22.5 Å². The summed E-state index contributed by atoms with van der Waals surface area (Å²) >= 11 is 0. The second-order valence-corrected chi connectivity index (χ2v) is 6.44. The summed E-state index contributed by atoms with van der Waals surface area (Å²) in [5, 5.41) is 19.2. The van der Waals surface area contributed by atoms with Gasteiger partial charge in [0.1, 0.15) is 6.61 Å². The van der Waals surface area contributed by atoms with E-state index in [4.69, 9.17) is 14.2 Å². The van der Waals surface area contributed by atoms with Crippen molar-refractivity contribution in [3.8, 4) is 17.4 Å². The van der Waals surface area contributed by atoms with Gasteiger partial charge in [-0.1, -0.05) is 30.3 Å². The molecule has 2 heterocycles. The predicted molar refractivity (Wildman–Crippen MR) is 106 cm³/mol. The van der Waals surface area contributed by atoms with Crippen LogP contribution in [0.3, 0.4) is 0 Å². The second kappa shape index (κ2) is 8.32. The summed E-state index contributed by atoms with van der Waals surface area (Å²) in [4.78, 5) is 12.5. The Kier molecular flexibility index (Phi) is 5.44. The third-order valence-electron chi connectivity index (χ3n) is 4.61. The van der Waals surface area contributed by atoms with Gasteiger partial charge in [-0.25, -0.2) is 0 Å². The van der Waals surface area contributed by atoms with E-state index >= 15 is 0 Å². The van der Waals surface area contributed by atoms with Crippen molar-refractivity contribution in [1.29, 1.82) is 0 Å². The molecule has 0 radical (unpaired) electrons. The molecule has 150 valence electrons. The van der Waals surface area contributed by atoms with Crippen LogP contribution in [0.1, 0.15) is 6.92 Å². The zero-order valence-corrected chi connectivity index (χ0v) is 15.9. The fourth-order valence-electron chi connectivity index (χ4n) is 3.20. The van der Waals surface area contributed by atoms with Crippen LogP contribution >= 0.6 is 0 Å². The quantitative estimate of drug-likeness (QED) is 0.506. The number of hydrogen-bond acceptors (Lipinski definition) is 6. The van der Waals surface area contributed by atoms with Crippen molar-refractivity contribution in [2.45, 2.75) is 19.6 Å². The molecule has 1 atom stereocenters.